The van der Waals surface area contributed by atoms with Crippen molar-refractivity contribution in [3.63, 3.8) is 0 Å². The predicted octanol–water partition coefficient (Wildman–Crippen LogP) is 5.15. The summed E-state index contributed by atoms with van der Waals surface area (Å²) < 4.78 is 17.6. The second-order valence-corrected chi connectivity index (χ2v) is 10.4. The molecule has 1 heterocycles. The summed E-state index contributed by atoms with van der Waals surface area (Å²) in [4.78, 5) is 22.9. The molecular weight excluding hydrogens is 500 g/mol. The summed E-state index contributed by atoms with van der Waals surface area (Å²) in [5.74, 6) is 1.20. The summed E-state index contributed by atoms with van der Waals surface area (Å²) in [6.45, 7) is 10.8. The van der Waals surface area contributed by atoms with E-state index in [1.807, 2.05) is 51.1 Å². The van der Waals surface area contributed by atoms with Gasteiger partial charge < -0.3 is 29.6 Å². The molecule has 2 atom stereocenters. The first-order chi connectivity index (χ1) is 18.5. The van der Waals surface area contributed by atoms with Gasteiger partial charge in [0.25, 0.3) is 11.8 Å². The molecule has 3 aromatic rings. The number of aromatic nitrogens is 2. The Balaban J connectivity index is 1.66. The Morgan fingerprint density at radius 3 is 2.41 bits per heavy atom. The standard InChI is InChI=1S/C29H38N4O6/c1-7-18(2)23(31-20-10-8-19(9-11-20)26(36)30-15-14-25(34)35)17-38-21-12-13-22(24(16-21)37-6)27-32-33-28(39-27)29(3,4)5/h8-13,16,18,23,31H,7,14-15,17H2,1-6H3,(H,30,36)(H,34,35)/t18-,23+/m0/s1. The van der Waals surface area contributed by atoms with Gasteiger partial charge in [-0.1, -0.05) is 41.0 Å². The number of aliphatic carboxylic acids is 1. The third-order valence-corrected chi connectivity index (χ3v) is 6.35. The van der Waals surface area contributed by atoms with Crippen LogP contribution in [0.4, 0.5) is 5.69 Å². The molecule has 10 heteroatoms. The summed E-state index contributed by atoms with van der Waals surface area (Å²) >= 11 is 0. The lowest BCUT2D eigenvalue weighted by Crippen LogP contribution is -2.33. The molecule has 1 aromatic heterocycles. The molecule has 3 N–H and O–H groups in total. The Morgan fingerprint density at radius 1 is 1.10 bits per heavy atom. The Bertz CT molecular complexity index is 1250. The molecule has 0 aliphatic rings. The van der Waals surface area contributed by atoms with Crippen LogP contribution in [-0.2, 0) is 10.2 Å². The van der Waals surface area contributed by atoms with Crippen molar-refractivity contribution in [2.45, 2.75) is 58.9 Å². The molecule has 0 unspecified atom stereocenters. The summed E-state index contributed by atoms with van der Waals surface area (Å²) in [7, 11) is 1.59. The lowest BCUT2D eigenvalue weighted by Gasteiger charge is -2.26. The maximum Gasteiger partial charge on any atom is 0.305 e. The average Bonchev–Trinajstić information content (AvgIpc) is 3.41. The van der Waals surface area contributed by atoms with E-state index < -0.39 is 5.97 Å². The van der Waals surface area contributed by atoms with Crippen LogP contribution in [0.2, 0.25) is 0 Å². The first-order valence-electron chi connectivity index (χ1n) is 13.0. The highest BCUT2D eigenvalue weighted by molar-refractivity contribution is 5.94. The third kappa shape index (κ3) is 8.20. The molecule has 0 bridgehead atoms. The van der Waals surface area contributed by atoms with Crippen LogP contribution in [-0.4, -0.2) is 53.5 Å². The normalized spacial score (nSPS) is 12.9. The van der Waals surface area contributed by atoms with Crippen LogP contribution < -0.4 is 20.1 Å². The van der Waals surface area contributed by atoms with Gasteiger partial charge in [-0.05, 0) is 42.3 Å². The number of hydrogen-bond donors (Lipinski definition) is 3. The number of anilines is 1. The second-order valence-electron chi connectivity index (χ2n) is 10.4. The van der Waals surface area contributed by atoms with Gasteiger partial charge in [0.05, 0.1) is 25.1 Å². The number of methoxy groups -OCH3 is 1. The minimum Gasteiger partial charge on any atom is -0.496 e. The summed E-state index contributed by atoms with van der Waals surface area (Å²) in [5.41, 5.74) is 1.75. The fourth-order valence-corrected chi connectivity index (χ4v) is 3.71. The molecule has 0 aliphatic carbocycles. The van der Waals surface area contributed by atoms with E-state index in [9.17, 15) is 9.59 Å². The monoisotopic (exact) mass is 538 g/mol. The number of nitrogens with one attached hydrogen (secondary N) is 2. The van der Waals surface area contributed by atoms with Crippen molar-refractivity contribution in [1.82, 2.24) is 15.5 Å². The van der Waals surface area contributed by atoms with Crippen LogP contribution >= 0.6 is 0 Å². The molecule has 39 heavy (non-hydrogen) atoms. The summed E-state index contributed by atoms with van der Waals surface area (Å²) in [6.07, 6.45) is 0.826. The molecular formula is C29H38N4O6. The molecule has 0 saturated heterocycles. The molecule has 0 saturated carbocycles. The minimum atomic E-state index is -0.955. The minimum absolute atomic E-state index is 0.00111. The predicted molar refractivity (Wildman–Crippen MR) is 148 cm³/mol. The van der Waals surface area contributed by atoms with Crippen LogP contribution in [0.5, 0.6) is 11.5 Å². The Kier molecular flexibility index (Phi) is 9.92. The highest BCUT2D eigenvalue weighted by atomic mass is 16.5. The van der Waals surface area contributed by atoms with Crippen molar-refractivity contribution in [2.75, 3.05) is 25.6 Å². The van der Waals surface area contributed by atoms with Gasteiger partial charge in [0, 0.05) is 29.3 Å². The zero-order valence-electron chi connectivity index (χ0n) is 23.4. The number of nitrogens with zero attached hydrogens (tertiary/aromatic N) is 2. The molecule has 0 fully saturated rings. The van der Waals surface area contributed by atoms with E-state index in [1.54, 1.807) is 19.2 Å². The Hall–Kier alpha value is -4.08. The van der Waals surface area contributed by atoms with E-state index in [0.717, 1.165) is 12.1 Å². The third-order valence-electron chi connectivity index (χ3n) is 6.35. The van der Waals surface area contributed by atoms with E-state index in [0.29, 0.717) is 46.9 Å². The summed E-state index contributed by atoms with van der Waals surface area (Å²) in [6, 6.07) is 12.6. The van der Waals surface area contributed by atoms with Gasteiger partial charge in [-0.3, -0.25) is 9.59 Å². The molecule has 0 spiro atoms. The zero-order chi connectivity index (χ0) is 28.6. The number of carboxylic acids is 1. The smallest absolute Gasteiger partial charge is 0.305 e. The molecule has 0 aliphatic heterocycles. The number of rotatable bonds is 13. The van der Waals surface area contributed by atoms with E-state index in [-0.39, 0.29) is 30.3 Å². The molecule has 210 valence electrons. The molecule has 1 amide bonds. The fraction of sp³-hybridized carbons (Fsp3) is 0.448. The van der Waals surface area contributed by atoms with Crippen LogP contribution in [0.3, 0.4) is 0 Å². The lowest BCUT2D eigenvalue weighted by molar-refractivity contribution is -0.136. The van der Waals surface area contributed by atoms with Crippen LogP contribution in [0.25, 0.3) is 11.5 Å². The van der Waals surface area contributed by atoms with E-state index in [4.69, 9.17) is 19.0 Å². The van der Waals surface area contributed by atoms with Crippen LogP contribution in [0, 0.1) is 5.92 Å². The maximum absolute atomic E-state index is 12.2. The Labute approximate surface area is 229 Å². The van der Waals surface area contributed by atoms with Crippen molar-refractivity contribution in [1.29, 1.82) is 0 Å². The van der Waals surface area contributed by atoms with Crippen molar-refractivity contribution in [2.24, 2.45) is 5.92 Å². The van der Waals surface area contributed by atoms with Gasteiger partial charge in [0.15, 0.2) is 0 Å². The lowest BCUT2D eigenvalue weighted by atomic mass is 9.97. The SMILES string of the molecule is CC[C@H](C)[C@@H](COc1ccc(-c2nnc(C(C)(C)C)o2)c(OC)c1)Nc1ccc(C(=O)NCCC(=O)O)cc1. The van der Waals surface area contributed by atoms with Crippen molar-refractivity contribution < 1.29 is 28.6 Å². The van der Waals surface area contributed by atoms with Gasteiger partial charge in [-0.15, -0.1) is 10.2 Å². The number of ether oxygens (including phenoxy) is 2. The van der Waals surface area contributed by atoms with E-state index in [2.05, 4.69) is 34.7 Å². The van der Waals surface area contributed by atoms with E-state index in [1.165, 1.54) is 0 Å². The number of carboxylic acid groups (broad SMARTS) is 1. The van der Waals surface area contributed by atoms with Crippen molar-refractivity contribution in [3.8, 4) is 23.0 Å². The quantitative estimate of drug-likeness (QED) is 0.270. The molecule has 3 rings (SSSR count). The van der Waals surface area contributed by atoms with Crippen molar-refractivity contribution >= 4 is 17.6 Å². The first-order valence-corrected chi connectivity index (χ1v) is 13.0. The van der Waals surface area contributed by atoms with Gasteiger partial charge in [-0.2, -0.15) is 0 Å². The van der Waals surface area contributed by atoms with Crippen molar-refractivity contribution in [3.05, 3.63) is 53.9 Å². The molecule has 2 aromatic carbocycles. The number of benzene rings is 2. The fourth-order valence-electron chi connectivity index (χ4n) is 3.71. The maximum atomic E-state index is 12.2. The van der Waals surface area contributed by atoms with Gasteiger partial charge in [0.1, 0.15) is 18.1 Å². The highest BCUT2D eigenvalue weighted by Gasteiger charge is 2.23. The summed E-state index contributed by atoms with van der Waals surface area (Å²) in [5, 5.41) is 23.2. The Morgan fingerprint density at radius 2 is 1.82 bits per heavy atom. The number of carbonyl (C=O) groups excluding carboxylic acids is 1. The van der Waals surface area contributed by atoms with Crippen LogP contribution in [0.15, 0.2) is 46.9 Å². The first kappa shape index (κ1) is 29.5. The van der Waals surface area contributed by atoms with Gasteiger partial charge >= 0.3 is 5.97 Å². The van der Waals surface area contributed by atoms with Crippen LogP contribution in [0.1, 0.15) is 63.7 Å². The van der Waals surface area contributed by atoms with Gasteiger partial charge in [0.2, 0.25) is 5.89 Å². The van der Waals surface area contributed by atoms with E-state index >= 15 is 0 Å². The van der Waals surface area contributed by atoms with Gasteiger partial charge in [-0.25, -0.2) is 0 Å². The second kappa shape index (κ2) is 13.1. The average molecular weight is 539 g/mol. The number of carbonyl (C=O) groups is 2. The molecule has 10 nitrogen and oxygen atoms in total. The number of hydrogen-bond acceptors (Lipinski definition) is 8. The topological polar surface area (TPSA) is 136 Å². The highest BCUT2D eigenvalue weighted by Crippen LogP contribution is 2.34. The largest absolute Gasteiger partial charge is 0.496 e. The zero-order valence-corrected chi connectivity index (χ0v) is 23.4. The molecule has 0 radical (unpaired) electrons. The number of amides is 1.